The monoisotopic (exact) mass is 304 g/mol. The van der Waals surface area contributed by atoms with Gasteiger partial charge in [-0.3, -0.25) is 9.59 Å². The molecule has 2 amide bonds. The zero-order chi connectivity index (χ0) is 15.8. The third-order valence-electron chi connectivity index (χ3n) is 4.09. The molecule has 22 heavy (non-hydrogen) atoms. The minimum atomic E-state index is -0.178. The van der Waals surface area contributed by atoms with Crippen LogP contribution in [0.25, 0.3) is 0 Å². The number of para-hydroxylation sites is 1. The molecule has 0 atom stereocenters. The first-order valence-corrected chi connectivity index (χ1v) is 8.17. The first kappa shape index (κ1) is 16.5. The quantitative estimate of drug-likeness (QED) is 0.711. The van der Waals surface area contributed by atoms with E-state index in [4.69, 9.17) is 0 Å². The maximum absolute atomic E-state index is 11.9. The number of anilines is 1. The summed E-state index contributed by atoms with van der Waals surface area (Å²) in [6.07, 6.45) is 4.51. The van der Waals surface area contributed by atoms with E-state index in [2.05, 4.69) is 10.6 Å². The maximum Gasteiger partial charge on any atom is 0.275 e. The molecule has 0 spiro atoms. The summed E-state index contributed by atoms with van der Waals surface area (Å²) in [5.74, 6) is -0.223. The lowest BCUT2D eigenvalue weighted by atomic mass is 10.1. The number of rotatable bonds is 6. The highest BCUT2D eigenvalue weighted by molar-refractivity contribution is 5.95. The molecule has 1 aromatic carbocycles. The number of aryl methyl sites for hydroxylation is 1. The predicted molar refractivity (Wildman–Crippen MR) is 86.9 cm³/mol. The van der Waals surface area contributed by atoms with E-state index in [0.717, 1.165) is 30.8 Å². The fourth-order valence-corrected chi connectivity index (χ4v) is 2.84. The van der Waals surface area contributed by atoms with Gasteiger partial charge in [-0.15, -0.1) is 0 Å². The van der Waals surface area contributed by atoms with Crippen molar-refractivity contribution in [3.05, 3.63) is 29.8 Å². The van der Waals surface area contributed by atoms with Crippen molar-refractivity contribution in [2.45, 2.75) is 32.6 Å². The number of hydrogen-bond donors (Lipinski definition) is 3. The number of carbonyl (C=O) groups excluding carboxylic acids is 2. The summed E-state index contributed by atoms with van der Waals surface area (Å²) in [4.78, 5) is 25.1. The minimum Gasteiger partial charge on any atom is -0.342 e. The van der Waals surface area contributed by atoms with Crippen molar-refractivity contribution in [1.29, 1.82) is 0 Å². The molecule has 1 saturated heterocycles. The van der Waals surface area contributed by atoms with Gasteiger partial charge in [0.1, 0.15) is 0 Å². The van der Waals surface area contributed by atoms with E-state index < -0.39 is 0 Å². The smallest absolute Gasteiger partial charge is 0.275 e. The summed E-state index contributed by atoms with van der Waals surface area (Å²) >= 11 is 0. The third-order valence-corrected chi connectivity index (χ3v) is 4.09. The van der Waals surface area contributed by atoms with Gasteiger partial charge in [-0.05, 0) is 37.3 Å². The molecule has 120 valence electrons. The molecular weight excluding hydrogens is 278 g/mol. The largest absolute Gasteiger partial charge is 0.342 e. The van der Waals surface area contributed by atoms with Crippen LogP contribution in [0.4, 0.5) is 5.69 Å². The van der Waals surface area contributed by atoms with E-state index in [1.807, 2.05) is 31.2 Å². The van der Waals surface area contributed by atoms with Crippen LogP contribution in [0, 0.1) is 0 Å². The molecule has 2 rings (SSSR count). The molecule has 0 bridgehead atoms. The Balaban J connectivity index is 1.73. The van der Waals surface area contributed by atoms with Gasteiger partial charge in [0.05, 0.1) is 19.6 Å². The Bertz CT molecular complexity index is 510. The summed E-state index contributed by atoms with van der Waals surface area (Å²) in [5.41, 5.74) is 1.92. The zero-order valence-corrected chi connectivity index (χ0v) is 13.3. The van der Waals surface area contributed by atoms with Crippen LogP contribution in [0.1, 0.15) is 31.7 Å². The van der Waals surface area contributed by atoms with Gasteiger partial charge in [0.25, 0.3) is 5.91 Å². The van der Waals surface area contributed by atoms with Crippen molar-refractivity contribution >= 4 is 17.5 Å². The highest BCUT2D eigenvalue weighted by Crippen LogP contribution is 2.14. The standard InChI is InChI=1S/C17H25N3O2/c1-2-14-8-4-5-9-15(14)19-16(21)12-18-17(22)13-20-10-6-3-7-11-20/h4-5,8-9H,2-3,6-7,10-13H2,1H3,(H,18,22)(H,19,21)/p+1. The summed E-state index contributed by atoms with van der Waals surface area (Å²) < 4.78 is 0. The van der Waals surface area contributed by atoms with E-state index in [0.29, 0.717) is 6.54 Å². The van der Waals surface area contributed by atoms with E-state index in [-0.39, 0.29) is 18.4 Å². The van der Waals surface area contributed by atoms with Crippen molar-refractivity contribution < 1.29 is 14.5 Å². The van der Waals surface area contributed by atoms with E-state index in [1.54, 1.807) is 0 Å². The Kier molecular flexibility index (Phi) is 6.40. The van der Waals surface area contributed by atoms with Gasteiger partial charge in [0.15, 0.2) is 6.54 Å². The van der Waals surface area contributed by atoms with Gasteiger partial charge < -0.3 is 15.5 Å². The first-order valence-electron chi connectivity index (χ1n) is 8.17. The van der Waals surface area contributed by atoms with Crippen LogP contribution in [0.2, 0.25) is 0 Å². The lowest BCUT2D eigenvalue weighted by Crippen LogP contribution is -3.13. The van der Waals surface area contributed by atoms with Crippen LogP contribution in [-0.2, 0) is 16.0 Å². The topological polar surface area (TPSA) is 62.6 Å². The maximum atomic E-state index is 11.9. The summed E-state index contributed by atoms with van der Waals surface area (Å²) in [6.45, 7) is 4.67. The summed E-state index contributed by atoms with van der Waals surface area (Å²) in [6, 6.07) is 7.73. The number of amides is 2. The van der Waals surface area contributed by atoms with Crippen molar-refractivity contribution in [1.82, 2.24) is 5.32 Å². The van der Waals surface area contributed by atoms with Crippen LogP contribution in [-0.4, -0.2) is 38.0 Å². The highest BCUT2D eigenvalue weighted by Gasteiger charge is 2.17. The Labute approximate surface area is 132 Å². The Hall–Kier alpha value is -1.88. The number of nitrogens with one attached hydrogen (secondary N) is 3. The number of hydrogen-bond acceptors (Lipinski definition) is 2. The molecule has 3 N–H and O–H groups in total. The summed E-state index contributed by atoms with van der Waals surface area (Å²) in [7, 11) is 0. The van der Waals surface area contributed by atoms with E-state index in [9.17, 15) is 9.59 Å². The van der Waals surface area contributed by atoms with Gasteiger partial charge >= 0.3 is 0 Å². The molecular formula is C17H26N3O2+. The second-order valence-electron chi connectivity index (χ2n) is 5.82. The van der Waals surface area contributed by atoms with Crippen molar-refractivity contribution in [3.8, 4) is 0 Å². The zero-order valence-electron chi connectivity index (χ0n) is 13.3. The number of quaternary nitrogens is 1. The van der Waals surface area contributed by atoms with Crippen LogP contribution in [0.3, 0.4) is 0 Å². The molecule has 0 saturated carbocycles. The molecule has 0 aromatic heterocycles. The second kappa shape index (κ2) is 8.54. The first-order chi connectivity index (χ1) is 10.7. The third kappa shape index (κ3) is 5.15. The van der Waals surface area contributed by atoms with Crippen molar-refractivity contribution in [3.63, 3.8) is 0 Å². The Morgan fingerprint density at radius 3 is 2.55 bits per heavy atom. The molecule has 5 nitrogen and oxygen atoms in total. The normalized spacial score (nSPS) is 15.3. The molecule has 1 aliphatic rings. The minimum absolute atomic E-state index is 0.0319. The van der Waals surface area contributed by atoms with Crippen LogP contribution >= 0.6 is 0 Å². The van der Waals surface area contributed by atoms with Crippen molar-refractivity contribution in [2.24, 2.45) is 0 Å². The molecule has 0 unspecified atom stereocenters. The van der Waals surface area contributed by atoms with Gasteiger partial charge in [-0.25, -0.2) is 0 Å². The van der Waals surface area contributed by atoms with Gasteiger partial charge in [-0.2, -0.15) is 0 Å². The average molecular weight is 304 g/mol. The van der Waals surface area contributed by atoms with Gasteiger partial charge in [0.2, 0.25) is 5.91 Å². The lowest BCUT2D eigenvalue weighted by Gasteiger charge is -2.22. The van der Waals surface area contributed by atoms with Gasteiger partial charge in [-0.1, -0.05) is 25.1 Å². The fraction of sp³-hybridized carbons (Fsp3) is 0.529. The SMILES string of the molecule is CCc1ccccc1NC(=O)CNC(=O)C[NH+]1CCCCC1. The number of benzene rings is 1. The Morgan fingerprint density at radius 1 is 1.09 bits per heavy atom. The molecule has 1 aliphatic heterocycles. The van der Waals surface area contributed by atoms with Crippen LogP contribution in [0.5, 0.6) is 0 Å². The molecule has 1 fully saturated rings. The van der Waals surface area contributed by atoms with Crippen molar-refractivity contribution in [2.75, 3.05) is 31.5 Å². The van der Waals surface area contributed by atoms with Gasteiger partial charge in [0, 0.05) is 5.69 Å². The van der Waals surface area contributed by atoms with E-state index >= 15 is 0 Å². The lowest BCUT2D eigenvalue weighted by molar-refractivity contribution is -0.896. The van der Waals surface area contributed by atoms with E-state index in [1.165, 1.54) is 24.2 Å². The van der Waals surface area contributed by atoms with Crippen LogP contribution < -0.4 is 15.5 Å². The Morgan fingerprint density at radius 2 is 1.82 bits per heavy atom. The number of carbonyl (C=O) groups is 2. The summed E-state index contributed by atoms with van der Waals surface area (Å²) in [5, 5.41) is 5.58. The molecule has 0 radical (unpaired) electrons. The fourth-order valence-electron chi connectivity index (χ4n) is 2.84. The average Bonchev–Trinajstić information content (AvgIpc) is 2.54. The molecule has 0 aliphatic carbocycles. The molecule has 5 heteroatoms. The van der Waals surface area contributed by atoms with Crippen LogP contribution in [0.15, 0.2) is 24.3 Å². The second-order valence-corrected chi connectivity index (χ2v) is 5.82. The number of likely N-dealkylation sites (tertiary alicyclic amines) is 1. The molecule has 1 aromatic rings. The highest BCUT2D eigenvalue weighted by atomic mass is 16.2. The molecule has 1 heterocycles. The predicted octanol–water partition coefficient (Wildman–Crippen LogP) is 0.373. The number of piperidine rings is 1.